The number of nitrogens with one attached hydrogen (secondary N) is 2. The lowest BCUT2D eigenvalue weighted by Gasteiger charge is -2.21. The summed E-state index contributed by atoms with van der Waals surface area (Å²) in [7, 11) is 0. The van der Waals surface area contributed by atoms with Crippen molar-refractivity contribution in [3.05, 3.63) is 65.5 Å². The van der Waals surface area contributed by atoms with Gasteiger partial charge in [0.25, 0.3) is 0 Å². The van der Waals surface area contributed by atoms with Crippen LogP contribution in [0, 0.1) is 5.82 Å². The third kappa shape index (κ3) is 9.12. The van der Waals surface area contributed by atoms with E-state index in [4.69, 9.17) is 9.84 Å². The Morgan fingerprint density at radius 3 is 2.24 bits per heavy atom. The summed E-state index contributed by atoms with van der Waals surface area (Å²) in [5.74, 6) is -0.499. The third-order valence-corrected chi connectivity index (χ3v) is 5.54. The number of hydrogen-bond donors (Lipinski definition) is 3. The Morgan fingerprint density at radius 2 is 1.64 bits per heavy atom. The van der Waals surface area contributed by atoms with Gasteiger partial charge in [-0.1, -0.05) is 44.0 Å². The van der Waals surface area contributed by atoms with Crippen LogP contribution < -0.4 is 15.4 Å². The van der Waals surface area contributed by atoms with E-state index in [1.807, 2.05) is 24.3 Å². The molecule has 7 heteroatoms. The van der Waals surface area contributed by atoms with E-state index in [2.05, 4.69) is 17.6 Å². The van der Waals surface area contributed by atoms with Crippen LogP contribution in [0.4, 0.5) is 9.18 Å². The summed E-state index contributed by atoms with van der Waals surface area (Å²) in [6.45, 7) is 6.16. The number of amides is 2. The Hall–Kier alpha value is -3.09. The fourth-order valence-electron chi connectivity index (χ4n) is 3.47. The minimum atomic E-state index is -1.30. The van der Waals surface area contributed by atoms with Crippen molar-refractivity contribution in [1.82, 2.24) is 10.6 Å². The Bertz CT molecular complexity index is 882. The number of aliphatic carboxylic acids is 1. The lowest BCUT2D eigenvalue weighted by Crippen LogP contribution is -2.38. The maximum Gasteiger partial charge on any atom is 0.347 e. The van der Waals surface area contributed by atoms with E-state index in [0.29, 0.717) is 25.3 Å². The molecule has 0 aliphatic carbocycles. The van der Waals surface area contributed by atoms with E-state index in [1.54, 1.807) is 12.1 Å². The summed E-state index contributed by atoms with van der Waals surface area (Å²) in [5, 5.41) is 14.9. The molecule has 0 aliphatic rings. The van der Waals surface area contributed by atoms with Crippen LogP contribution in [0.25, 0.3) is 0 Å². The Balaban J connectivity index is 1.73. The molecule has 0 aromatic heterocycles. The minimum absolute atomic E-state index is 0.216. The zero-order chi connectivity index (χ0) is 24.3. The predicted molar refractivity (Wildman–Crippen MR) is 127 cm³/mol. The summed E-state index contributed by atoms with van der Waals surface area (Å²) in [6, 6.07) is 13.6. The van der Waals surface area contributed by atoms with Gasteiger partial charge in [0, 0.05) is 13.1 Å². The molecule has 0 spiro atoms. The first kappa shape index (κ1) is 26.2. The van der Waals surface area contributed by atoms with Gasteiger partial charge in [-0.2, -0.15) is 0 Å². The number of halogens is 1. The van der Waals surface area contributed by atoms with E-state index in [9.17, 15) is 14.0 Å². The van der Waals surface area contributed by atoms with Crippen molar-refractivity contribution in [2.75, 3.05) is 13.1 Å². The van der Waals surface area contributed by atoms with E-state index < -0.39 is 11.6 Å². The molecule has 0 heterocycles. The molecule has 1 unspecified atom stereocenters. The van der Waals surface area contributed by atoms with Gasteiger partial charge >= 0.3 is 12.0 Å². The first-order chi connectivity index (χ1) is 15.7. The minimum Gasteiger partial charge on any atom is -0.478 e. The average Bonchev–Trinajstić information content (AvgIpc) is 2.77. The van der Waals surface area contributed by atoms with Crippen LogP contribution in [-0.2, 0) is 11.2 Å². The van der Waals surface area contributed by atoms with Gasteiger partial charge in [-0.25, -0.2) is 14.0 Å². The number of carboxylic acids is 1. The highest BCUT2D eigenvalue weighted by molar-refractivity contribution is 5.76. The van der Waals surface area contributed by atoms with Gasteiger partial charge in [0.1, 0.15) is 11.6 Å². The van der Waals surface area contributed by atoms with Crippen molar-refractivity contribution in [2.24, 2.45) is 0 Å². The molecule has 2 rings (SSSR count). The summed E-state index contributed by atoms with van der Waals surface area (Å²) in [4.78, 5) is 23.3. The zero-order valence-electron chi connectivity index (χ0n) is 19.7. The number of rotatable bonds is 13. The molecule has 2 amide bonds. The fraction of sp³-hybridized carbons (Fsp3) is 0.462. The van der Waals surface area contributed by atoms with Crippen LogP contribution >= 0.6 is 0 Å². The van der Waals surface area contributed by atoms with Gasteiger partial charge in [-0.3, -0.25) is 0 Å². The molecule has 0 fully saturated rings. The average molecular weight is 459 g/mol. The zero-order valence-corrected chi connectivity index (χ0v) is 19.7. The molecule has 3 N–H and O–H groups in total. The molecule has 1 atom stereocenters. The van der Waals surface area contributed by atoms with Crippen molar-refractivity contribution in [1.29, 1.82) is 0 Å². The third-order valence-electron chi connectivity index (χ3n) is 5.54. The normalized spacial score (nSPS) is 12.1. The summed E-state index contributed by atoms with van der Waals surface area (Å²) >= 11 is 0. The molecular weight excluding hydrogens is 423 g/mol. The number of benzene rings is 2. The maximum absolute atomic E-state index is 13.2. The van der Waals surface area contributed by atoms with Gasteiger partial charge in [0.15, 0.2) is 5.60 Å². The van der Waals surface area contributed by atoms with E-state index in [-0.39, 0.29) is 17.8 Å². The lowest BCUT2D eigenvalue weighted by atomic mass is 9.90. The van der Waals surface area contributed by atoms with Crippen LogP contribution in [-0.4, -0.2) is 35.8 Å². The second kappa shape index (κ2) is 12.8. The quantitative estimate of drug-likeness (QED) is 0.381. The monoisotopic (exact) mass is 458 g/mol. The fourth-order valence-corrected chi connectivity index (χ4v) is 3.47. The van der Waals surface area contributed by atoms with Gasteiger partial charge in [-0.15, -0.1) is 0 Å². The molecule has 180 valence electrons. The highest BCUT2D eigenvalue weighted by Crippen LogP contribution is 2.25. The maximum atomic E-state index is 13.2. The van der Waals surface area contributed by atoms with Crippen LogP contribution in [0.5, 0.6) is 5.75 Å². The molecule has 0 bridgehead atoms. The summed E-state index contributed by atoms with van der Waals surface area (Å²) in [5.41, 5.74) is 0.811. The molecule has 0 saturated carbocycles. The molecular formula is C26H35FN2O4. The van der Waals surface area contributed by atoms with Crippen LogP contribution in [0.15, 0.2) is 48.5 Å². The standard InChI is InChI=1S/C26H35FN2O4/c1-4-5-6-20(21-9-11-22(27)12-10-21)16-18-29-25(32)28-17-15-19-7-13-23(14-8-19)33-26(2,3)24(30)31/h7-14,20H,4-6,15-18H2,1-3H3,(H,30,31)(H2,28,29,32). The Labute approximate surface area is 195 Å². The molecule has 6 nitrogen and oxygen atoms in total. The number of carboxylic acid groups (broad SMARTS) is 1. The SMILES string of the molecule is CCCCC(CCNC(=O)NCCc1ccc(OC(C)(C)C(=O)O)cc1)c1ccc(F)cc1. The van der Waals surface area contributed by atoms with Gasteiger partial charge < -0.3 is 20.5 Å². The largest absolute Gasteiger partial charge is 0.478 e. The van der Waals surface area contributed by atoms with Crippen LogP contribution in [0.3, 0.4) is 0 Å². The smallest absolute Gasteiger partial charge is 0.347 e. The van der Waals surface area contributed by atoms with E-state index >= 15 is 0 Å². The van der Waals surface area contributed by atoms with Crippen LogP contribution in [0.1, 0.15) is 63.5 Å². The van der Waals surface area contributed by atoms with Crippen molar-refractivity contribution >= 4 is 12.0 Å². The van der Waals surface area contributed by atoms with Crippen LogP contribution in [0.2, 0.25) is 0 Å². The lowest BCUT2D eigenvalue weighted by molar-refractivity contribution is -0.152. The first-order valence-corrected chi connectivity index (χ1v) is 11.5. The number of carbonyl (C=O) groups excluding carboxylic acids is 1. The Morgan fingerprint density at radius 1 is 1.00 bits per heavy atom. The molecule has 33 heavy (non-hydrogen) atoms. The molecule has 0 saturated heterocycles. The highest BCUT2D eigenvalue weighted by Gasteiger charge is 2.29. The van der Waals surface area contributed by atoms with Crippen molar-refractivity contribution in [3.8, 4) is 5.75 Å². The number of ether oxygens (including phenoxy) is 1. The van der Waals surface area contributed by atoms with Gasteiger partial charge in [0.05, 0.1) is 0 Å². The highest BCUT2D eigenvalue weighted by atomic mass is 19.1. The first-order valence-electron chi connectivity index (χ1n) is 11.5. The number of hydrogen-bond acceptors (Lipinski definition) is 3. The van der Waals surface area contributed by atoms with Crippen molar-refractivity contribution < 1.29 is 23.8 Å². The number of carbonyl (C=O) groups is 2. The molecule has 2 aromatic rings. The van der Waals surface area contributed by atoms with E-state index in [1.165, 1.54) is 26.0 Å². The van der Waals surface area contributed by atoms with Crippen molar-refractivity contribution in [2.45, 2.75) is 64.4 Å². The van der Waals surface area contributed by atoms with E-state index in [0.717, 1.165) is 36.8 Å². The van der Waals surface area contributed by atoms with Gasteiger partial charge in [0.2, 0.25) is 0 Å². The molecule has 0 aliphatic heterocycles. The summed E-state index contributed by atoms with van der Waals surface area (Å²) in [6.07, 6.45) is 4.63. The number of unbranched alkanes of at least 4 members (excludes halogenated alkanes) is 1. The van der Waals surface area contributed by atoms with Gasteiger partial charge in [-0.05, 0) is 74.4 Å². The molecule has 0 radical (unpaired) electrons. The Kier molecular flexibility index (Phi) is 10.2. The second-order valence-electron chi connectivity index (χ2n) is 8.67. The van der Waals surface area contributed by atoms with Crippen molar-refractivity contribution in [3.63, 3.8) is 0 Å². The predicted octanol–water partition coefficient (Wildman–Crippen LogP) is 5.27. The molecule has 2 aromatic carbocycles. The second-order valence-corrected chi connectivity index (χ2v) is 8.67. The number of urea groups is 1. The topological polar surface area (TPSA) is 87.7 Å². The summed E-state index contributed by atoms with van der Waals surface area (Å²) < 4.78 is 18.7.